The van der Waals surface area contributed by atoms with Gasteiger partial charge in [-0.15, -0.1) is 0 Å². The van der Waals surface area contributed by atoms with Crippen molar-refractivity contribution in [1.82, 2.24) is 9.88 Å². The van der Waals surface area contributed by atoms with Gasteiger partial charge in [0.15, 0.2) is 11.6 Å². The summed E-state index contributed by atoms with van der Waals surface area (Å²) in [5, 5.41) is 3.99. The zero-order valence-corrected chi connectivity index (χ0v) is 19.2. The molecule has 2 aromatic carbocycles. The van der Waals surface area contributed by atoms with Crippen molar-refractivity contribution < 1.29 is 22.7 Å². The van der Waals surface area contributed by atoms with Gasteiger partial charge >= 0.3 is 0 Å². The Morgan fingerprint density at radius 1 is 1.03 bits per heavy atom. The first kappa shape index (κ1) is 23.5. The van der Waals surface area contributed by atoms with Crippen LogP contribution in [-0.4, -0.2) is 42.0 Å². The molecule has 8 heteroatoms. The number of pyridine rings is 1. The molecule has 1 fully saturated rings. The van der Waals surface area contributed by atoms with Gasteiger partial charge in [0.1, 0.15) is 19.0 Å². The summed E-state index contributed by atoms with van der Waals surface area (Å²) in [7, 11) is 0. The molecule has 0 N–H and O–H groups in total. The highest BCUT2D eigenvalue weighted by atomic mass is 19.2. The number of fused-ring (bicyclic) bond motifs is 2. The smallest absolute Gasteiger partial charge is 0.159 e. The molecule has 0 bridgehead atoms. The Hall–Kier alpha value is -3.23. The molecule has 0 atom stereocenters. The molecule has 5 rings (SSSR count). The van der Waals surface area contributed by atoms with Crippen molar-refractivity contribution in [3.63, 3.8) is 0 Å². The minimum absolute atomic E-state index is 0.216. The van der Waals surface area contributed by atoms with Crippen LogP contribution in [0.4, 0.5) is 13.2 Å². The lowest BCUT2D eigenvalue weighted by Gasteiger charge is -2.39. The van der Waals surface area contributed by atoms with Gasteiger partial charge in [0.05, 0.1) is 12.2 Å². The predicted molar refractivity (Wildman–Crippen MR) is 126 cm³/mol. The Labute approximate surface area is 202 Å². The van der Waals surface area contributed by atoms with Crippen LogP contribution in [0, 0.1) is 11.6 Å². The average Bonchev–Trinajstić information content (AvgIpc) is 3.24. The van der Waals surface area contributed by atoms with Gasteiger partial charge < -0.3 is 9.57 Å². The van der Waals surface area contributed by atoms with Gasteiger partial charge in [0.25, 0.3) is 0 Å². The lowest BCUT2D eigenvalue weighted by atomic mass is 9.84. The molecule has 0 aliphatic carbocycles. The highest BCUT2D eigenvalue weighted by Crippen LogP contribution is 2.43. The summed E-state index contributed by atoms with van der Waals surface area (Å²) in [6.07, 6.45) is 5.60. The number of hydrogen-bond donors (Lipinski definition) is 0. The third-order valence-corrected chi connectivity index (χ3v) is 6.72. The number of aromatic nitrogens is 1. The lowest BCUT2D eigenvalue weighted by Crippen LogP contribution is -2.42. The molecule has 2 aliphatic heterocycles. The van der Waals surface area contributed by atoms with Crippen LogP contribution in [0.5, 0.6) is 0 Å². The molecule has 2 aliphatic rings. The summed E-state index contributed by atoms with van der Waals surface area (Å²) in [5.74, 6) is -1.93. The Bertz CT molecular complexity index is 1210. The third-order valence-electron chi connectivity index (χ3n) is 6.72. The molecule has 35 heavy (non-hydrogen) atoms. The van der Waals surface area contributed by atoms with Crippen LogP contribution in [0.2, 0.25) is 0 Å². The molecule has 0 amide bonds. The normalized spacial score (nSPS) is 17.5. The van der Waals surface area contributed by atoms with Crippen LogP contribution in [0.15, 0.2) is 66.1 Å². The molecular formula is C27H26F3N3O2. The van der Waals surface area contributed by atoms with E-state index < -0.39 is 18.3 Å². The van der Waals surface area contributed by atoms with Crippen LogP contribution in [0.25, 0.3) is 0 Å². The van der Waals surface area contributed by atoms with E-state index >= 15 is 0 Å². The van der Waals surface area contributed by atoms with Crippen LogP contribution in [0.1, 0.15) is 40.7 Å². The van der Waals surface area contributed by atoms with Crippen molar-refractivity contribution in [2.45, 2.75) is 31.6 Å². The van der Waals surface area contributed by atoms with E-state index in [0.29, 0.717) is 23.4 Å². The summed E-state index contributed by atoms with van der Waals surface area (Å²) in [5.41, 5.74) is 4.69. The fourth-order valence-electron chi connectivity index (χ4n) is 4.83. The number of benzene rings is 2. The molecular weight excluding hydrogens is 455 g/mol. The van der Waals surface area contributed by atoms with E-state index in [-0.39, 0.29) is 12.2 Å². The second-order valence-corrected chi connectivity index (χ2v) is 8.88. The number of hydrogen-bond acceptors (Lipinski definition) is 5. The predicted octanol–water partition coefficient (Wildman–Crippen LogP) is 5.12. The van der Waals surface area contributed by atoms with Gasteiger partial charge in [-0.3, -0.25) is 9.88 Å². The van der Waals surface area contributed by atoms with E-state index in [4.69, 9.17) is 9.57 Å². The highest BCUT2D eigenvalue weighted by molar-refractivity contribution is 6.12. The van der Waals surface area contributed by atoms with Gasteiger partial charge in [-0.05, 0) is 48.2 Å². The second-order valence-electron chi connectivity index (χ2n) is 8.88. The molecule has 0 saturated carbocycles. The summed E-state index contributed by atoms with van der Waals surface area (Å²) < 4.78 is 45.9. The van der Waals surface area contributed by atoms with E-state index in [1.54, 1.807) is 0 Å². The monoisotopic (exact) mass is 481 g/mol. The quantitative estimate of drug-likeness (QED) is 0.267. The standard InChI is InChI=1S/C27H26F3N3O2/c28-10-14-35-32-26(21-5-6-24(29)25(30)15-21)20-3-1-19(2-4-20)17-33-12-8-27(9-13-33)23-16-31-11-7-22(23)18-34-27/h1-7,11,15-16H,8-10,12-14,17-18H2/b32-26-. The molecule has 182 valence electrons. The molecule has 3 aromatic rings. The molecule has 0 radical (unpaired) electrons. The molecule has 0 unspecified atom stereocenters. The topological polar surface area (TPSA) is 47.0 Å². The Morgan fingerprint density at radius 3 is 2.54 bits per heavy atom. The third kappa shape index (κ3) is 4.94. The number of ether oxygens (including phenoxy) is 1. The van der Waals surface area contributed by atoms with Gasteiger partial charge in [0.2, 0.25) is 0 Å². The molecule has 1 spiro atoms. The first-order valence-corrected chi connectivity index (χ1v) is 11.7. The van der Waals surface area contributed by atoms with E-state index in [1.165, 1.54) is 17.2 Å². The maximum Gasteiger partial charge on any atom is 0.159 e. The molecule has 1 aromatic heterocycles. The first-order valence-electron chi connectivity index (χ1n) is 11.7. The van der Waals surface area contributed by atoms with E-state index in [0.717, 1.165) is 50.2 Å². The fourth-order valence-corrected chi connectivity index (χ4v) is 4.83. The van der Waals surface area contributed by atoms with Crippen LogP contribution < -0.4 is 0 Å². The average molecular weight is 482 g/mol. The minimum Gasteiger partial charge on any atom is -0.392 e. The number of rotatable bonds is 7. The van der Waals surface area contributed by atoms with Crippen molar-refractivity contribution in [2.75, 3.05) is 26.4 Å². The summed E-state index contributed by atoms with van der Waals surface area (Å²) in [6, 6.07) is 13.2. The summed E-state index contributed by atoms with van der Waals surface area (Å²) in [6.45, 7) is 2.34. The lowest BCUT2D eigenvalue weighted by molar-refractivity contribution is -0.0800. The fraction of sp³-hybridized carbons (Fsp3) is 0.333. The van der Waals surface area contributed by atoms with Crippen LogP contribution in [0.3, 0.4) is 0 Å². The Morgan fingerprint density at radius 2 is 1.80 bits per heavy atom. The highest BCUT2D eigenvalue weighted by Gasteiger charge is 2.42. The zero-order chi connectivity index (χ0) is 24.3. The van der Waals surface area contributed by atoms with Crippen LogP contribution >= 0.6 is 0 Å². The number of piperidine rings is 1. The zero-order valence-electron chi connectivity index (χ0n) is 19.2. The minimum atomic E-state index is -0.982. The SMILES string of the molecule is FCCO/N=C(/c1ccc(CN2CCC3(CC2)OCc2ccncc23)cc1)c1ccc(F)c(F)c1. The van der Waals surface area contributed by atoms with Crippen molar-refractivity contribution in [3.05, 3.63) is 100 Å². The number of likely N-dealkylation sites (tertiary alicyclic amines) is 1. The maximum absolute atomic E-state index is 13.8. The van der Waals surface area contributed by atoms with Gasteiger partial charge in [-0.2, -0.15) is 0 Å². The number of alkyl halides is 1. The first-order chi connectivity index (χ1) is 17.1. The van der Waals surface area contributed by atoms with Gasteiger partial charge in [-0.25, -0.2) is 13.2 Å². The van der Waals surface area contributed by atoms with Gasteiger partial charge in [-0.1, -0.05) is 29.4 Å². The van der Waals surface area contributed by atoms with E-state index in [1.807, 2.05) is 42.7 Å². The van der Waals surface area contributed by atoms with Gasteiger partial charge in [0, 0.05) is 48.7 Å². The number of nitrogens with zero attached hydrogens (tertiary/aromatic N) is 3. The van der Waals surface area contributed by atoms with Crippen molar-refractivity contribution in [3.8, 4) is 0 Å². The molecule has 1 saturated heterocycles. The number of oxime groups is 1. The summed E-state index contributed by atoms with van der Waals surface area (Å²) >= 11 is 0. The second kappa shape index (κ2) is 10.2. The van der Waals surface area contributed by atoms with Crippen LogP contribution in [-0.2, 0) is 28.3 Å². The molecule has 3 heterocycles. The van der Waals surface area contributed by atoms with Crippen molar-refractivity contribution >= 4 is 5.71 Å². The number of halogens is 3. The van der Waals surface area contributed by atoms with E-state index in [9.17, 15) is 13.2 Å². The Balaban J connectivity index is 1.27. The maximum atomic E-state index is 13.8. The van der Waals surface area contributed by atoms with Crippen molar-refractivity contribution in [1.29, 1.82) is 0 Å². The Kier molecular flexibility index (Phi) is 6.83. The van der Waals surface area contributed by atoms with Crippen molar-refractivity contribution in [2.24, 2.45) is 5.16 Å². The summed E-state index contributed by atoms with van der Waals surface area (Å²) in [4.78, 5) is 11.7. The van der Waals surface area contributed by atoms with E-state index in [2.05, 4.69) is 15.0 Å². The molecule has 5 nitrogen and oxygen atoms in total. The largest absolute Gasteiger partial charge is 0.392 e.